The second-order valence-electron chi connectivity index (χ2n) is 4.49. The summed E-state index contributed by atoms with van der Waals surface area (Å²) in [5.41, 5.74) is 5.42. The van der Waals surface area contributed by atoms with Gasteiger partial charge in [0.15, 0.2) is 0 Å². The van der Waals surface area contributed by atoms with Gasteiger partial charge in [0.2, 0.25) is 5.91 Å². The van der Waals surface area contributed by atoms with E-state index in [1.165, 1.54) is 0 Å². The Morgan fingerprint density at radius 2 is 2.06 bits per heavy atom. The van der Waals surface area contributed by atoms with Crippen LogP contribution in [0.4, 0.5) is 0 Å². The zero-order valence-electron chi connectivity index (χ0n) is 10.8. The summed E-state index contributed by atoms with van der Waals surface area (Å²) in [5.74, 6) is -0.178. The third-order valence-electron chi connectivity index (χ3n) is 3.68. The van der Waals surface area contributed by atoms with E-state index in [0.29, 0.717) is 6.04 Å². The lowest BCUT2D eigenvalue weighted by Gasteiger charge is -2.28. The van der Waals surface area contributed by atoms with Crippen molar-refractivity contribution in [1.82, 2.24) is 9.80 Å². The molecule has 4 heteroatoms. The summed E-state index contributed by atoms with van der Waals surface area (Å²) in [6, 6.07) is 0.531. The molecule has 1 amide bonds. The highest BCUT2D eigenvalue weighted by Gasteiger charge is 2.32. The molecule has 2 unspecified atom stereocenters. The van der Waals surface area contributed by atoms with Crippen molar-refractivity contribution in [3.05, 3.63) is 0 Å². The quantitative estimate of drug-likeness (QED) is 0.725. The fourth-order valence-corrected chi connectivity index (χ4v) is 2.73. The Morgan fingerprint density at radius 1 is 1.44 bits per heavy atom. The minimum Gasteiger partial charge on any atom is -0.368 e. The molecule has 16 heavy (non-hydrogen) atoms. The summed E-state index contributed by atoms with van der Waals surface area (Å²) in [5, 5.41) is 0. The van der Waals surface area contributed by atoms with Gasteiger partial charge in [-0.15, -0.1) is 0 Å². The minimum atomic E-state index is -0.178. The van der Waals surface area contributed by atoms with Gasteiger partial charge in [-0.05, 0) is 25.9 Å². The lowest BCUT2D eigenvalue weighted by molar-refractivity contribution is -0.123. The van der Waals surface area contributed by atoms with Crippen molar-refractivity contribution in [3.8, 4) is 0 Å². The number of carbonyl (C=O) groups excluding carboxylic acids is 1. The van der Waals surface area contributed by atoms with Crippen molar-refractivity contribution in [3.63, 3.8) is 0 Å². The van der Waals surface area contributed by atoms with E-state index in [4.69, 9.17) is 5.73 Å². The van der Waals surface area contributed by atoms with Crippen molar-refractivity contribution in [2.24, 2.45) is 5.73 Å². The second kappa shape index (κ2) is 6.21. The number of hydrogen-bond donors (Lipinski definition) is 1. The van der Waals surface area contributed by atoms with Crippen LogP contribution in [0, 0.1) is 0 Å². The number of hydrogen-bond acceptors (Lipinski definition) is 3. The predicted molar refractivity (Wildman–Crippen MR) is 66.2 cm³/mol. The second-order valence-corrected chi connectivity index (χ2v) is 4.49. The number of likely N-dealkylation sites (tertiary alicyclic amines) is 1. The fourth-order valence-electron chi connectivity index (χ4n) is 2.73. The lowest BCUT2D eigenvalue weighted by atomic mass is 10.2. The standard InChI is InChI=1S/C12H25N3O/c1-4-11(12(13)16)15-8-7-10(9-15)14(5-2)6-3/h10-11H,4-9H2,1-3H3,(H2,13,16). The van der Waals surface area contributed by atoms with Crippen LogP contribution in [0.1, 0.15) is 33.6 Å². The van der Waals surface area contributed by atoms with Crippen LogP contribution >= 0.6 is 0 Å². The van der Waals surface area contributed by atoms with Gasteiger partial charge >= 0.3 is 0 Å². The van der Waals surface area contributed by atoms with E-state index >= 15 is 0 Å². The molecule has 0 aromatic rings. The Kier molecular flexibility index (Phi) is 5.22. The molecular weight excluding hydrogens is 202 g/mol. The van der Waals surface area contributed by atoms with Gasteiger partial charge in [-0.3, -0.25) is 14.6 Å². The highest BCUT2D eigenvalue weighted by atomic mass is 16.1. The number of carbonyl (C=O) groups is 1. The molecule has 0 saturated carbocycles. The Hall–Kier alpha value is -0.610. The van der Waals surface area contributed by atoms with E-state index in [1.807, 2.05) is 6.92 Å². The van der Waals surface area contributed by atoms with Gasteiger partial charge < -0.3 is 5.73 Å². The molecule has 0 spiro atoms. The number of nitrogens with zero attached hydrogens (tertiary/aromatic N) is 2. The van der Waals surface area contributed by atoms with E-state index in [0.717, 1.165) is 39.0 Å². The summed E-state index contributed by atoms with van der Waals surface area (Å²) in [6.45, 7) is 10.6. The van der Waals surface area contributed by atoms with Crippen molar-refractivity contribution >= 4 is 5.91 Å². The Bertz CT molecular complexity index is 228. The average molecular weight is 227 g/mol. The number of amides is 1. The first kappa shape index (κ1) is 13.5. The third kappa shape index (κ3) is 2.95. The van der Waals surface area contributed by atoms with Gasteiger partial charge in [-0.25, -0.2) is 0 Å². The number of rotatable bonds is 6. The molecule has 0 aromatic heterocycles. The Balaban J connectivity index is 2.53. The Labute approximate surface area is 98.8 Å². The largest absolute Gasteiger partial charge is 0.368 e. The normalized spacial score (nSPS) is 23.9. The molecule has 0 aromatic carbocycles. The van der Waals surface area contributed by atoms with E-state index in [1.54, 1.807) is 0 Å². The van der Waals surface area contributed by atoms with Gasteiger partial charge in [0.05, 0.1) is 6.04 Å². The molecule has 2 N–H and O–H groups in total. The van der Waals surface area contributed by atoms with Gasteiger partial charge in [0, 0.05) is 19.1 Å². The molecule has 94 valence electrons. The highest BCUT2D eigenvalue weighted by molar-refractivity contribution is 5.79. The first-order valence-electron chi connectivity index (χ1n) is 6.41. The van der Waals surface area contributed by atoms with Crippen LogP contribution < -0.4 is 5.73 Å². The zero-order chi connectivity index (χ0) is 12.1. The van der Waals surface area contributed by atoms with Crippen molar-refractivity contribution in [2.45, 2.75) is 45.7 Å². The van der Waals surface area contributed by atoms with Gasteiger partial charge in [-0.2, -0.15) is 0 Å². The summed E-state index contributed by atoms with van der Waals surface area (Å²) >= 11 is 0. The van der Waals surface area contributed by atoms with Crippen molar-refractivity contribution in [2.75, 3.05) is 26.2 Å². The molecule has 4 nitrogen and oxygen atoms in total. The van der Waals surface area contributed by atoms with Crippen LogP contribution in [0.2, 0.25) is 0 Å². The minimum absolute atomic E-state index is 0.0689. The van der Waals surface area contributed by atoms with Crippen LogP contribution in [0.25, 0.3) is 0 Å². The van der Waals surface area contributed by atoms with Crippen molar-refractivity contribution in [1.29, 1.82) is 0 Å². The van der Waals surface area contributed by atoms with Crippen LogP contribution in [0.5, 0.6) is 0 Å². The molecule has 2 atom stereocenters. The summed E-state index contributed by atoms with van der Waals surface area (Å²) < 4.78 is 0. The lowest BCUT2D eigenvalue weighted by Crippen LogP contribution is -2.45. The smallest absolute Gasteiger partial charge is 0.234 e. The molecule has 1 aliphatic rings. The predicted octanol–water partition coefficient (Wildman–Crippen LogP) is 0.666. The van der Waals surface area contributed by atoms with E-state index in [9.17, 15) is 4.79 Å². The number of primary amides is 1. The third-order valence-corrected chi connectivity index (χ3v) is 3.68. The van der Waals surface area contributed by atoms with Gasteiger partial charge in [-0.1, -0.05) is 20.8 Å². The molecule has 1 fully saturated rings. The maximum atomic E-state index is 11.3. The van der Waals surface area contributed by atoms with Crippen LogP contribution in [-0.2, 0) is 4.79 Å². The van der Waals surface area contributed by atoms with Gasteiger partial charge in [0.25, 0.3) is 0 Å². The molecule has 0 bridgehead atoms. The monoisotopic (exact) mass is 227 g/mol. The number of nitrogens with two attached hydrogens (primary N) is 1. The fraction of sp³-hybridized carbons (Fsp3) is 0.917. The SMILES string of the molecule is CCC(C(N)=O)N1CCC(N(CC)CC)C1. The molecule has 1 rings (SSSR count). The number of likely N-dealkylation sites (N-methyl/N-ethyl adjacent to an activating group) is 1. The molecular formula is C12H25N3O. The maximum Gasteiger partial charge on any atom is 0.234 e. The van der Waals surface area contributed by atoms with Crippen LogP contribution in [-0.4, -0.2) is 54.0 Å². The van der Waals surface area contributed by atoms with E-state index in [-0.39, 0.29) is 11.9 Å². The zero-order valence-corrected chi connectivity index (χ0v) is 10.8. The molecule has 1 heterocycles. The van der Waals surface area contributed by atoms with E-state index < -0.39 is 0 Å². The molecule has 0 radical (unpaired) electrons. The summed E-state index contributed by atoms with van der Waals surface area (Å²) in [4.78, 5) is 16.0. The first-order chi connectivity index (χ1) is 7.63. The van der Waals surface area contributed by atoms with Crippen LogP contribution in [0.15, 0.2) is 0 Å². The van der Waals surface area contributed by atoms with E-state index in [2.05, 4.69) is 23.6 Å². The summed E-state index contributed by atoms with van der Waals surface area (Å²) in [6.07, 6.45) is 1.98. The van der Waals surface area contributed by atoms with Crippen molar-refractivity contribution < 1.29 is 4.79 Å². The molecule has 0 aliphatic carbocycles. The maximum absolute atomic E-state index is 11.3. The van der Waals surface area contributed by atoms with Crippen LogP contribution in [0.3, 0.4) is 0 Å². The highest BCUT2D eigenvalue weighted by Crippen LogP contribution is 2.18. The average Bonchev–Trinajstić information content (AvgIpc) is 2.70. The van der Waals surface area contributed by atoms with Gasteiger partial charge in [0.1, 0.15) is 0 Å². The molecule has 1 saturated heterocycles. The summed E-state index contributed by atoms with van der Waals surface area (Å²) in [7, 11) is 0. The Morgan fingerprint density at radius 3 is 2.50 bits per heavy atom. The topological polar surface area (TPSA) is 49.6 Å². The molecule has 1 aliphatic heterocycles. The first-order valence-corrected chi connectivity index (χ1v) is 6.41.